The summed E-state index contributed by atoms with van der Waals surface area (Å²) in [6.45, 7) is 6.39. The molecule has 0 unspecified atom stereocenters. The predicted octanol–water partition coefficient (Wildman–Crippen LogP) is 5.43. The molecular formula is C28H28F2N4O3S. The van der Waals surface area contributed by atoms with Crippen molar-refractivity contribution in [2.45, 2.75) is 25.2 Å². The number of nitrogens with one attached hydrogen (secondary N) is 1. The molecule has 1 aliphatic rings. The predicted molar refractivity (Wildman–Crippen MR) is 145 cm³/mol. The second-order valence-corrected chi connectivity index (χ2v) is 11.3. The Kier molecular flexibility index (Phi) is 7.02. The largest absolute Gasteiger partial charge is 0.378 e. The van der Waals surface area contributed by atoms with Crippen LogP contribution >= 0.6 is 0 Å². The molecule has 1 saturated heterocycles. The lowest BCUT2D eigenvalue weighted by atomic mass is 9.99. The molecule has 38 heavy (non-hydrogen) atoms. The van der Waals surface area contributed by atoms with E-state index in [1.807, 2.05) is 13.0 Å². The minimum Gasteiger partial charge on any atom is -0.378 e. The van der Waals surface area contributed by atoms with Crippen LogP contribution in [-0.2, 0) is 21.0 Å². The van der Waals surface area contributed by atoms with Gasteiger partial charge in [0.1, 0.15) is 11.6 Å². The molecule has 0 aliphatic carbocycles. The number of nitrogens with zero attached hydrogens (tertiary/aromatic N) is 3. The molecule has 3 heterocycles. The molecular weight excluding hydrogens is 510 g/mol. The van der Waals surface area contributed by atoms with Gasteiger partial charge in [0.15, 0.2) is 9.84 Å². The molecule has 4 aromatic rings. The fourth-order valence-electron chi connectivity index (χ4n) is 4.76. The van der Waals surface area contributed by atoms with E-state index in [4.69, 9.17) is 4.74 Å². The smallest absolute Gasteiger partial charge is 0.176 e. The Bertz CT molecular complexity index is 1640. The molecule has 1 aliphatic heterocycles. The molecule has 1 fully saturated rings. The highest BCUT2D eigenvalue weighted by atomic mass is 32.2. The highest BCUT2D eigenvalue weighted by Gasteiger charge is 2.23. The minimum atomic E-state index is -3.62. The van der Waals surface area contributed by atoms with Crippen molar-refractivity contribution >= 4 is 37.8 Å². The lowest BCUT2D eigenvalue weighted by Gasteiger charge is -2.28. The Morgan fingerprint density at radius 1 is 1.08 bits per heavy atom. The van der Waals surface area contributed by atoms with E-state index >= 15 is 4.39 Å². The number of morpholine rings is 1. The Balaban J connectivity index is 1.72. The number of benzene rings is 2. The summed E-state index contributed by atoms with van der Waals surface area (Å²) in [7, 11) is -3.62. The Hall–Kier alpha value is -3.63. The van der Waals surface area contributed by atoms with Gasteiger partial charge in [-0.15, -0.1) is 0 Å². The summed E-state index contributed by atoms with van der Waals surface area (Å²) in [6, 6.07) is 8.97. The summed E-state index contributed by atoms with van der Waals surface area (Å²) in [5.41, 5.74) is 4.08. The first-order valence-electron chi connectivity index (χ1n) is 12.3. The molecule has 198 valence electrons. The van der Waals surface area contributed by atoms with Gasteiger partial charge >= 0.3 is 0 Å². The van der Waals surface area contributed by atoms with Gasteiger partial charge in [0, 0.05) is 37.0 Å². The average Bonchev–Trinajstić information content (AvgIpc) is 2.89. The minimum absolute atomic E-state index is 0.0734. The van der Waals surface area contributed by atoms with E-state index in [2.05, 4.69) is 20.2 Å². The van der Waals surface area contributed by atoms with Crippen LogP contribution in [0.4, 0.5) is 25.8 Å². The number of anilines is 3. The first-order chi connectivity index (χ1) is 18.2. The maximum Gasteiger partial charge on any atom is 0.176 e. The van der Waals surface area contributed by atoms with Crippen LogP contribution in [-0.4, -0.2) is 50.9 Å². The molecule has 0 radical (unpaired) electrons. The summed E-state index contributed by atoms with van der Waals surface area (Å²) < 4.78 is 60.4. The van der Waals surface area contributed by atoms with E-state index in [-0.39, 0.29) is 15.8 Å². The third-order valence-electron chi connectivity index (χ3n) is 6.72. The van der Waals surface area contributed by atoms with E-state index in [1.54, 1.807) is 37.5 Å². The molecule has 0 bridgehead atoms. The summed E-state index contributed by atoms with van der Waals surface area (Å²) in [5.74, 6) is -1.54. The van der Waals surface area contributed by atoms with Crippen LogP contribution in [0.25, 0.3) is 22.2 Å². The van der Waals surface area contributed by atoms with Crippen LogP contribution in [0.2, 0.25) is 0 Å². The summed E-state index contributed by atoms with van der Waals surface area (Å²) in [5, 5.41) is 3.39. The van der Waals surface area contributed by atoms with Gasteiger partial charge in [-0.2, -0.15) is 0 Å². The number of aromatic nitrogens is 2. The summed E-state index contributed by atoms with van der Waals surface area (Å²) in [4.78, 5) is 11.2. The quantitative estimate of drug-likeness (QED) is 0.350. The molecule has 1 N–H and O–H groups in total. The number of rotatable bonds is 6. The molecule has 0 saturated carbocycles. The molecule has 0 atom stereocenters. The molecule has 2 aromatic carbocycles. The van der Waals surface area contributed by atoms with E-state index in [0.29, 0.717) is 47.8 Å². The number of hydrogen-bond donors (Lipinski definition) is 1. The number of pyridine rings is 2. The first-order valence-corrected chi connectivity index (χ1v) is 14.2. The summed E-state index contributed by atoms with van der Waals surface area (Å²) >= 11 is 0. The number of hydrogen-bond acceptors (Lipinski definition) is 7. The highest BCUT2D eigenvalue weighted by molar-refractivity contribution is 7.90. The fraction of sp³-hybridized carbons (Fsp3) is 0.286. The number of aryl methyl sites for hydroxylation is 1. The Labute approximate surface area is 220 Å². The molecule has 7 nitrogen and oxygen atoms in total. The topological polar surface area (TPSA) is 84.4 Å². The van der Waals surface area contributed by atoms with Gasteiger partial charge in [-0.1, -0.05) is 13.0 Å². The van der Waals surface area contributed by atoms with E-state index < -0.39 is 21.5 Å². The van der Waals surface area contributed by atoms with Gasteiger partial charge in [0.05, 0.1) is 64.2 Å². The molecule has 5 rings (SSSR count). The van der Waals surface area contributed by atoms with Crippen LogP contribution in [0.3, 0.4) is 0 Å². The SMILES string of the molecule is CCc1ccc(S(C)(=O)=O)c(-c2nc3cc(F)cc(F)c3c(Nc3cncc(N4CCOCC4)c3)c2C)c1. The zero-order chi connectivity index (χ0) is 27.0. The number of halogens is 2. The van der Waals surface area contributed by atoms with Gasteiger partial charge in [-0.25, -0.2) is 22.2 Å². The van der Waals surface area contributed by atoms with Crippen LogP contribution in [0.15, 0.2) is 53.7 Å². The first kappa shape index (κ1) is 26.0. The molecule has 10 heteroatoms. The summed E-state index contributed by atoms with van der Waals surface area (Å²) in [6.07, 6.45) is 5.19. The lowest BCUT2D eigenvalue weighted by Crippen LogP contribution is -2.36. The highest BCUT2D eigenvalue weighted by Crippen LogP contribution is 2.39. The number of ether oxygens (including phenoxy) is 1. The third-order valence-corrected chi connectivity index (χ3v) is 7.88. The van der Waals surface area contributed by atoms with Crippen molar-refractivity contribution in [2.75, 3.05) is 42.8 Å². The van der Waals surface area contributed by atoms with Crippen molar-refractivity contribution in [2.24, 2.45) is 0 Å². The van der Waals surface area contributed by atoms with Crippen molar-refractivity contribution in [1.29, 1.82) is 0 Å². The second kappa shape index (κ2) is 10.3. The van der Waals surface area contributed by atoms with E-state index in [1.165, 1.54) is 0 Å². The molecule has 2 aromatic heterocycles. The van der Waals surface area contributed by atoms with Crippen LogP contribution < -0.4 is 10.2 Å². The second-order valence-electron chi connectivity index (χ2n) is 9.35. The maximum absolute atomic E-state index is 15.2. The molecule has 0 amide bonds. The maximum atomic E-state index is 15.2. The zero-order valence-corrected chi connectivity index (χ0v) is 22.2. The van der Waals surface area contributed by atoms with Gasteiger partial charge in [-0.3, -0.25) is 4.98 Å². The zero-order valence-electron chi connectivity index (χ0n) is 21.4. The monoisotopic (exact) mass is 538 g/mol. The van der Waals surface area contributed by atoms with Crippen molar-refractivity contribution in [3.05, 3.63) is 71.6 Å². The standard InChI is InChI=1S/C28H28F2N4O3S/c1-4-18-5-6-25(38(3,35)36)22(11-18)27-17(2)28(26-23(30)12-19(29)13-24(26)33-27)32-20-14-21(16-31-15-20)34-7-9-37-10-8-34/h5-6,11-16H,4,7-10H2,1-3H3,(H,32,33). The van der Waals surface area contributed by atoms with Crippen LogP contribution in [0.5, 0.6) is 0 Å². The fourth-order valence-corrected chi connectivity index (χ4v) is 5.64. The van der Waals surface area contributed by atoms with Gasteiger partial charge in [0.25, 0.3) is 0 Å². The molecule has 0 spiro atoms. The van der Waals surface area contributed by atoms with Crippen molar-refractivity contribution in [1.82, 2.24) is 9.97 Å². The normalized spacial score (nSPS) is 14.2. The number of sulfone groups is 1. The van der Waals surface area contributed by atoms with Gasteiger partial charge in [0.2, 0.25) is 0 Å². The van der Waals surface area contributed by atoms with Gasteiger partial charge in [-0.05, 0) is 42.7 Å². The van der Waals surface area contributed by atoms with Crippen LogP contribution in [0.1, 0.15) is 18.1 Å². The third kappa shape index (κ3) is 5.06. The van der Waals surface area contributed by atoms with E-state index in [9.17, 15) is 12.8 Å². The lowest BCUT2D eigenvalue weighted by molar-refractivity contribution is 0.122. The van der Waals surface area contributed by atoms with Crippen LogP contribution in [0, 0.1) is 18.6 Å². The van der Waals surface area contributed by atoms with E-state index in [0.717, 1.165) is 42.7 Å². The van der Waals surface area contributed by atoms with Crippen molar-refractivity contribution < 1.29 is 21.9 Å². The Morgan fingerprint density at radius 2 is 1.84 bits per heavy atom. The Morgan fingerprint density at radius 3 is 2.55 bits per heavy atom. The number of fused-ring (bicyclic) bond motifs is 1. The van der Waals surface area contributed by atoms with Crippen molar-refractivity contribution in [3.8, 4) is 11.3 Å². The average molecular weight is 539 g/mol. The van der Waals surface area contributed by atoms with Crippen molar-refractivity contribution in [3.63, 3.8) is 0 Å². The van der Waals surface area contributed by atoms with Gasteiger partial charge < -0.3 is 15.0 Å².